The van der Waals surface area contributed by atoms with Gasteiger partial charge in [0.1, 0.15) is 5.82 Å². The summed E-state index contributed by atoms with van der Waals surface area (Å²) in [6.45, 7) is 1.73. The van der Waals surface area contributed by atoms with E-state index in [1.165, 1.54) is 18.2 Å². The van der Waals surface area contributed by atoms with Crippen LogP contribution in [0.5, 0.6) is 0 Å². The molecule has 0 heterocycles. The van der Waals surface area contributed by atoms with Crippen LogP contribution in [0.1, 0.15) is 22.8 Å². The molecule has 1 amide bonds. The number of anilines is 1. The summed E-state index contributed by atoms with van der Waals surface area (Å²) in [6.07, 6.45) is 0. The van der Waals surface area contributed by atoms with E-state index in [9.17, 15) is 9.18 Å². The molecule has 0 radical (unpaired) electrons. The van der Waals surface area contributed by atoms with Gasteiger partial charge >= 0.3 is 0 Å². The lowest BCUT2D eigenvalue weighted by atomic mass is 10.1. The number of carbonyl (C=O) groups is 1. The maximum Gasteiger partial charge on any atom is 0.274 e. The van der Waals surface area contributed by atoms with Crippen molar-refractivity contribution in [1.82, 2.24) is 5.43 Å². The second-order valence-electron chi connectivity index (χ2n) is 4.24. The van der Waals surface area contributed by atoms with Crippen LogP contribution in [0, 0.1) is 5.82 Å². The van der Waals surface area contributed by atoms with Crippen molar-refractivity contribution in [3.05, 3.63) is 65.5 Å². The highest BCUT2D eigenvalue weighted by molar-refractivity contribution is 6.01. The smallest absolute Gasteiger partial charge is 0.274 e. The molecule has 0 aromatic heterocycles. The number of benzene rings is 2. The molecule has 0 unspecified atom stereocenters. The number of hydrogen-bond acceptors (Lipinski definition) is 3. The van der Waals surface area contributed by atoms with Gasteiger partial charge in [0.25, 0.3) is 5.91 Å². The highest BCUT2D eigenvalue weighted by atomic mass is 19.1. The largest absolute Gasteiger partial charge is 0.399 e. The van der Waals surface area contributed by atoms with Gasteiger partial charge in [0.15, 0.2) is 0 Å². The fourth-order valence-corrected chi connectivity index (χ4v) is 1.67. The molecule has 0 atom stereocenters. The second-order valence-corrected chi connectivity index (χ2v) is 4.24. The van der Waals surface area contributed by atoms with Crippen LogP contribution in [0.15, 0.2) is 53.6 Å². The first-order valence-electron chi connectivity index (χ1n) is 6.03. The fraction of sp³-hybridized carbons (Fsp3) is 0.0667. The highest BCUT2D eigenvalue weighted by Crippen LogP contribution is 2.08. The molecule has 5 heteroatoms. The number of nitrogens with one attached hydrogen (secondary N) is 1. The topological polar surface area (TPSA) is 67.5 Å². The minimum atomic E-state index is -0.591. The van der Waals surface area contributed by atoms with Crippen LogP contribution in [0.2, 0.25) is 0 Å². The Morgan fingerprint density at radius 2 is 1.95 bits per heavy atom. The Balaban J connectivity index is 2.13. The van der Waals surface area contributed by atoms with E-state index in [-0.39, 0.29) is 5.56 Å². The Hall–Kier alpha value is -2.69. The maximum absolute atomic E-state index is 13.4. The quantitative estimate of drug-likeness (QED) is 0.512. The van der Waals surface area contributed by atoms with Crippen LogP contribution in [0.3, 0.4) is 0 Å². The Morgan fingerprint density at radius 1 is 1.20 bits per heavy atom. The second kappa shape index (κ2) is 5.97. The highest BCUT2D eigenvalue weighted by Gasteiger charge is 2.09. The van der Waals surface area contributed by atoms with E-state index >= 15 is 0 Å². The number of rotatable bonds is 3. The Morgan fingerprint density at radius 3 is 2.65 bits per heavy atom. The summed E-state index contributed by atoms with van der Waals surface area (Å²) in [6, 6.07) is 12.9. The molecular formula is C15H14FN3O. The van der Waals surface area contributed by atoms with Crippen molar-refractivity contribution in [2.45, 2.75) is 6.92 Å². The zero-order valence-electron chi connectivity index (χ0n) is 10.9. The number of hydrazone groups is 1. The fourth-order valence-electron chi connectivity index (χ4n) is 1.67. The lowest BCUT2D eigenvalue weighted by molar-refractivity contribution is 0.0951. The van der Waals surface area contributed by atoms with E-state index < -0.39 is 11.7 Å². The summed E-state index contributed by atoms with van der Waals surface area (Å²) in [4.78, 5) is 11.8. The van der Waals surface area contributed by atoms with Crippen molar-refractivity contribution in [2.75, 3.05) is 5.73 Å². The SMILES string of the molecule is C/C(=N\NC(=O)c1ccccc1F)c1cccc(N)c1. The average Bonchev–Trinajstić information content (AvgIpc) is 2.45. The molecule has 0 aliphatic rings. The molecular weight excluding hydrogens is 257 g/mol. The van der Waals surface area contributed by atoms with Gasteiger partial charge in [-0.1, -0.05) is 24.3 Å². The Kier molecular flexibility index (Phi) is 4.10. The van der Waals surface area contributed by atoms with Gasteiger partial charge in [-0.2, -0.15) is 5.10 Å². The number of amides is 1. The molecule has 0 aliphatic carbocycles. The molecule has 102 valence electrons. The van der Waals surface area contributed by atoms with Crippen LogP contribution < -0.4 is 11.2 Å². The van der Waals surface area contributed by atoms with E-state index in [4.69, 9.17) is 5.73 Å². The van der Waals surface area contributed by atoms with Crippen LogP contribution >= 0.6 is 0 Å². The van der Waals surface area contributed by atoms with Crippen LogP contribution in [0.25, 0.3) is 0 Å². The summed E-state index contributed by atoms with van der Waals surface area (Å²) >= 11 is 0. The first-order valence-corrected chi connectivity index (χ1v) is 6.03. The van der Waals surface area contributed by atoms with Crippen molar-refractivity contribution in [1.29, 1.82) is 0 Å². The molecule has 2 rings (SSSR count). The van der Waals surface area contributed by atoms with Gasteiger partial charge in [-0.15, -0.1) is 0 Å². The predicted molar refractivity (Wildman–Crippen MR) is 76.9 cm³/mol. The maximum atomic E-state index is 13.4. The van der Waals surface area contributed by atoms with Crippen LogP contribution in [0.4, 0.5) is 10.1 Å². The number of nitrogens with zero attached hydrogens (tertiary/aromatic N) is 1. The zero-order valence-corrected chi connectivity index (χ0v) is 10.9. The number of nitrogen functional groups attached to an aromatic ring is 1. The molecule has 0 bridgehead atoms. The van der Waals surface area contributed by atoms with Crippen LogP contribution in [-0.4, -0.2) is 11.6 Å². The average molecular weight is 271 g/mol. The molecule has 0 saturated heterocycles. The molecule has 2 aromatic rings. The summed E-state index contributed by atoms with van der Waals surface area (Å²) in [5.74, 6) is -1.17. The van der Waals surface area contributed by atoms with Crippen molar-refractivity contribution < 1.29 is 9.18 Å². The van der Waals surface area contributed by atoms with Gasteiger partial charge in [0, 0.05) is 5.69 Å². The lowest BCUT2D eigenvalue weighted by Gasteiger charge is -2.04. The molecule has 2 aromatic carbocycles. The summed E-state index contributed by atoms with van der Waals surface area (Å²) < 4.78 is 13.4. The number of carbonyl (C=O) groups excluding carboxylic acids is 1. The monoisotopic (exact) mass is 271 g/mol. The van der Waals surface area contributed by atoms with Crippen molar-refractivity contribution >= 4 is 17.3 Å². The van der Waals surface area contributed by atoms with Gasteiger partial charge < -0.3 is 5.73 Å². The van der Waals surface area contributed by atoms with Gasteiger partial charge in [0.05, 0.1) is 11.3 Å². The van der Waals surface area contributed by atoms with Gasteiger partial charge in [-0.3, -0.25) is 4.79 Å². The van der Waals surface area contributed by atoms with E-state index in [1.54, 1.807) is 31.2 Å². The van der Waals surface area contributed by atoms with Gasteiger partial charge in [0.2, 0.25) is 0 Å². The van der Waals surface area contributed by atoms with E-state index in [2.05, 4.69) is 10.5 Å². The minimum Gasteiger partial charge on any atom is -0.399 e. The van der Waals surface area contributed by atoms with Crippen molar-refractivity contribution in [3.63, 3.8) is 0 Å². The molecule has 0 aliphatic heterocycles. The Bertz CT molecular complexity index is 668. The lowest BCUT2D eigenvalue weighted by Crippen LogP contribution is -2.20. The number of halogens is 1. The van der Waals surface area contributed by atoms with E-state index in [0.29, 0.717) is 11.4 Å². The van der Waals surface area contributed by atoms with Gasteiger partial charge in [-0.25, -0.2) is 9.82 Å². The third-order valence-corrected chi connectivity index (χ3v) is 2.75. The number of hydrogen-bond donors (Lipinski definition) is 2. The third-order valence-electron chi connectivity index (χ3n) is 2.75. The Labute approximate surface area is 116 Å². The van der Waals surface area contributed by atoms with Crippen LogP contribution in [-0.2, 0) is 0 Å². The zero-order chi connectivity index (χ0) is 14.5. The molecule has 0 saturated carbocycles. The van der Waals surface area contributed by atoms with Crippen molar-refractivity contribution in [2.24, 2.45) is 5.10 Å². The molecule has 20 heavy (non-hydrogen) atoms. The first-order chi connectivity index (χ1) is 9.58. The molecule has 4 nitrogen and oxygen atoms in total. The van der Waals surface area contributed by atoms with Crippen molar-refractivity contribution in [3.8, 4) is 0 Å². The standard InChI is InChI=1S/C15H14FN3O/c1-10(11-5-4-6-12(17)9-11)18-19-15(20)13-7-2-3-8-14(13)16/h2-9H,17H2,1H3,(H,19,20)/b18-10+. The molecule has 0 fully saturated rings. The normalized spacial score (nSPS) is 11.2. The van der Waals surface area contributed by atoms with Gasteiger partial charge in [-0.05, 0) is 36.8 Å². The summed E-state index contributed by atoms with van der Waals surface area (Å²) in [5.41, 5.74) is 9.94. The predicted octanol–water partition coefficient (Wildman–Crippen LogP) is 2.56. The summed E-state index contributed by atoms with van der Waals surface area (Å²) in [5, 5.41) is 3.95. The number of nitrogens with two attached hydrogens (primary N) is 1. The van der Waals surface area contributed by atoms with E-state index in [0.717, 1.165) is 5.56 Å². The first kappa shape index (κ1) is 13.7. The molecule has 3 N–H and O–H groups in total. The third kappa shape index (κ3) is 3.20. The van der Waals surface area contributed by atoms with E-state index in [1.807, 2.05) is 6.07 Å². The summed E-state index contributed by atoms with van der Waals surface area (Å²) in [7, 11) is 0. The minimum absolute atomic E-state index is 0.0448. The molecule has 0 spiro atoms.